The number of aromatic nitrogens is 2. The molecular weight excluding hydrogens is 668 g/mol. The van der Waals surface area contributed by atoms with Crippen molar-refractivity contribution in [2.24, 2.45) is 0 Å². The predicted octanol–water partition coefficient (Wildman–Crippen LogP) is 4.69. The highest BCUT2D eigenvalue weighted by molar-refractivity contribution is 7.89. The summed E-state index contributed by atoms with van der Waals surface area (Å²) in [5, 5.41) is 3.07. The zero-order chi connectivity index (χ0) is 33.3. The van der Waals surface area contributed by atoms with E-state index in [1.807, 2.05) is 0 Å². The van der Waals surface area contributed by atoms with Crippen LogP contribution < -0.4 is 24.4 Å². The number of pyridine rings is 1. The number of halogens is 6. The van der Waals surface area contributed by atoms with Crippen LogP contribution in [0.15, 0.2) is 65.6 Å². The van der Waals surface area contributed by atoms with Crippen molar-refractivity contribution in [3.05, 3.63) is 66.2 Å². The van der Waals surface area contributed by atoms with E-state index in [0.717, 1.165) is 40.7 Å². The lowest BCUT2D eigenvalue weighted by Crippen LogP contribution is -2.60. The van der Waals surface area contributed by atoms with E-state index in [-0.39, 0.29) is 31.1 Å². The molecule has 0 unspecified atom stereocenters. The number of nitrogens with zero attached hydrogens (tertiary/aromatic N) is 4. The maximum Gasteiger partial charge on any atom is 0.573 e. The minimum atomic E-state index is -4.98. The number of ether oxygens (including phenoxy) is 3. The summed E-state index contributed by atoms with van der Waals surface area (Å²) in [7, 11) is -2.96. The molecule has 11 nitrogen and oxygen atoms in total. The molecule has 0 aliphatic carbocycles. The second kappa shape index (κ2) is 12.8. The van der Waals surface area contributed by atoms with E-state index in [2.05, 4.69) is 24.8 Å². The normalized spacial score (nSPS) is 16.3. The highest BCUT2D eigenvalue weighted by atomic mass is 32.2. The average Bonchev–Trinajstić information content (AvgIpc) is 3.42. The number of thiazole rings is 1. The number of rotatable bonds is 9. The highest BCUT2D eigenvalue weighted by Crippen LogP contribution is 2.32. The zero-order valence-corrected chi connectivity index (χ0v) is 25.1. The largest absolute Gasteiger partial charge is 0.573 e. The van der Waals surface area contributed by atoms with Crippen LogP contribution in [0, 0.1) is 0 Å². The van der Waals surface area contributed by atoms with E-state index >= 15 is 0 Å². The number of anilines is 1. The summed E-state index contributed by atoms with van der Waals surface area (Å²) < 4.78 is 116. The number of carbonyl (C=O) groups excluding carboxylic acids is 1. The molecule has 3 heterocycles. The molecule has 4 aromatic rings. The first-order valence-corrected chi connectivity index (χ1v) is 15.4. The van der Waals surface area contributed by atoms with Crippen molar-refractivity contribution >= 4 is 42.7 Å². The summed E-state index contributed by atoms with van der Waals surface area (Å²) in [4.78, 5) is 24.3. The fourth-order valence-corrected chi connectivity index (χ4v) is 7.08. The fraction of sp³-hybridized carbons (Fsp3) is 0.296. The van der Waals surface area contributed by atoms with Gasteiger partial charge in [-0.2, -0.15) is 4.31 Å². The number of piperazine rings is 1. The van der Waals surface area contributed by atoms with Gasteiger partial charge in [0.2, 0.25) is 21.8 Å². The van der Waals surface area contributed by atoms with E-state index in [1.165, 1.54) is 30.6 Å². The number of benzene rings is 2. The van der Waals surface area contributed by atoms with Crippen LogP contribution in [0.4, 0.5) is 31.5 Å². The molecule has 1 amide bonds. The van der Waals surface area contributed by atoms with Gasteiger partial charge in [0.05, 0.1) is 12.0 Å². The Labute approximate surface area is 261 Å². The number of fused-ring (bicyclic) bond motifs is 1. The molecule has 1 atom stereocenters. The van der Waals surface area contributed by atoms with Crippen molar-refractivity contribution in [2.45, 2.75) is 30.2 Å². The molecular formula is C27H23F6N5O6S2. The van der Waals surface area contributed by atoms with Crippen LogP contribution in [0.25, 0.3) is 10.3 Å². The highest BCUT2D eigenvalue weighted by Gasteiger charge is 2.41. The smallest absolute Gasteiger partial charge is 0.481 e. The minimum absolute atomic E-state index is 0.107. The van der Waals surface area contributed by atoms with Crippen LogP contribution >= 0.6 is 11.3 Å². The number of hydrogen-bond donors (Lipinski definition) is 1. The van der Waals surface area contributed by atoms with Crippen LogP contribution in [0.5, 0.6) is 17.4 Å². The Balaban J connectivity index is 1.39. The molecule has 46 heavy (non-hydrogen) atoms. The van der Waals surface area contributed by atoms with Crippen LogP contribution in [0.2, 0.25) is 0 Å². The maximum atomic E-state index is 13.7. The Kier molecular flexibility index (Phi) is 9.19. The summed E-state index contributed by atoms with van der Waals surface area (Å²) in [5.74, 6) is -1.46. The molecule has 1 aliphatic heterocycles. The molecule has 1 fully saturated rings. The second-order valence-electron chi connectivity index (χ2n) is 9.68. The van der Waals surface area contributed by atoms with Crippen molar-refractivity contribution in [3.63, 3.8) is 0 Å². The number of nitrogens with one attached hydrogen (secondary N) is 1. The van der Waals surface area contributed by atoms with E-state index in [1.54, 1.807) is 17.0 Å². The minimum Gasteiger partial charge on any atom is -0.481 e. The maximum absolute atomic E-state index is 13.7. The van der Waals surface area contributed by atoms with E-state index < -0.39 is 46.2 Å². The zero-order valence-electron chi connectivity index (χ0n) is 23.5. The molecule has 2 aromatic carbocycles. The molecule has 0 bridgehead atoms. The number of alkyl halides is 6. The molecule has 1 saturated heterocycles. The lowest BCUT2D eigenvalue weighted by atomic mass is 10.1. The molecule has 0 saturated carbocycles. The molecule has 246 valence electrons. The van der Waals surface area contributed by atoms with Gasteiger partial charge >= 0.3 is 12.7 Å². The summed E-state index contributed by atoms with van der Waals surface area (Å²) in [6.45, 7) is -0.410. The first-order valence-electron chi connectivity index (χ1n) is 13.2. The molecule has 0 spiro atoms. The quantitative estimate of drug-likeness (QED) is 0.249. The van der Waals surface area contributed by atoms with Gasteiger partial charge in [-0.1, -0.05) is 23.5 Å². The third-order valence-corrected chi connectivity index (χ3v) is 9.57. The van der Waals surface area contributed by atoms with Gasteiger partial charge in [-0.05, 0) is 48.0 Å². The van der Waals surface area contributed by atoms with Gasteiger partial charge in [0.1, 0.15) is 27.9 Å². The molecule has 19 heteroatoms. The summed E-state index contributed by atoms with van der Waals surface area (Å²) in [6.07, 6.45) is -9.86. The molecule has 0 radical (unpaired) electrons. The number of sulfonamides is 1. The van der Waals surface area contributed by atoms with E-state index in [4.69, 9.17) is 4.74 Å². The number of hydrogen-bond acceptors (Lipinski definition) is 10. The van der Waals surface area contributed by atoms with Crippen molar-refractivity contribution in [3.8, 4) is 17.4 Å². The third kappa shape index (κ3) is 7.88. The van der Waals surface area contributed by atoms with Gasteiger partial charge < -0.3 is 24.4 Å². The van der Waals surface area contributed by atoms with Gasteiger partial charge in [0.15, 0.2) is 5.13 Å². The Morgan fingerprint density at radius 3 is 2.11 bits per heavy atom. The van der Waals surface area contributed by atoms with E-state index in [9.17, 15) is 39.6 Å². The van der Waals surface area contributed by atoms with Gasteiger partial charge in [-0.15, -0.1) is 26.3 Å². The Bertz CT molecular complexity index is 1800. The van der Waals surface area contributed by atoms with Crippen LogP contribution in [0.1, 0.15) is 5.56 Å². The first kappa shape index (κ1) is 33.0. The van der Waals surface area contributed by atoms with Crippen LogP contribution in [-0.2, 0) is 21.4 Å². The lowest BCUT2D eigenvalue weighted by molar-refractivity contribution is -0.275. The molecule has 1 aliphatic rings. The number of carbonyl (C=O) groups is 1. The molecule has 1 N–H and O–H groups in total. The van der Waals surface area contributed by atoms with Crippen molar-refractivity contribution < 1.29 is 53.8 Å². The monoisotopic (exact) mass is 691 g/mol. The van der Waals surface area contributed by atoms with Crippen LogP contribution in [0.3, 0.4) is 0 Å². The Morgan fingerprint density at radius 1 is 0.913 bits per heavy atom. The lowest BCUT2D eigenvalue weighted by Gasteiger charge is -2.39. The summed E-state index contributed by atoms with van der Waals surface area (Å²) in [6, 6.07) is 10.3. The summed E-state index contributed by atoms with van der Waals surface area (Å²) >= 11 is 1.20. The van der Waals surface area contributed by atoms with Crippen LogP contribution in [-0.4, -0.2) is 74.1 Å². The van der Waals surface area contributed by atoms with E-state index in [0.29, 0.717) is 26.9 Å². The van der Waals surface area contributed by atoms with Gasteiger partial charge in [0, 0.05) is 32.2 Å². The van der Waals surface area contributed by atoms with Crippen molar-refractivity contribution in [2.75, 3.05) is 31.6 Å². The predicted molar refractivity (Wildman–Crippen MR) is 152 cm³/mol. The standard InChI is InChI=1S/C27H23F6N5O6S2/c1-42-22-11-10-20-24(36-22)45-25(35-20)37-12-13-38(46(40,41)19-8-6-18(7-9-19)44-27(31,32)33)21(15-37)23(39)34-14-16-2-4-17(5-3-16)43-26(28,29)30/h2-11,21H,12-15H2,1H3,(H,34,39)/t21-/m1/s1. The van der Waals surface area contributed by atoms with Gasteiger partial charge in [0.25, 0.3) is 0 Å². The Hall–Kier alpha value is -4.36. The Morgan fingerprint density at radius 2 is 1.52 bits per heavy atom. The van der Waals surface area contributed by atoms with Crippen molar-refractivity contribution in [1.29, 1.82) is 0 Å². The van der Waals surface area contributed by atoms with Gasteiger partial charge in [-0.3, -0.25) is 4.79 Å². The van der Waals surface area contributed by atoms with Gasteiger partial charge in [-0.25, -0.2) is 18.4 Å². The average molecular weight is 692 g/mol. The fourth-order valence-electron chi connectivity index (χ4n) is 4.54. The third-order valence-electron chi connectivity index (χ3n) is 6.62. The first-order chi connectivity index (χ1) is 21.6. The molecule has 2 aromatic heterocycles. The second-order valence-corrected chi connectivity index (χ2v) is 12.5. The number of amides is 1. The topological polar surface area (TPSA) is 123 Å². The van der Waals surface area contributed by atoms with Crippen molar-refractivity contribution in [1.82, 2.24) is 19.6 Å². The number of methoxy groups -OCH3 is 1. The SMILES string of the molecule is COc1ccc2nc(N3CCN(S(=O)(=O)c4ccc(OC(F)(F)F)cc4)[C@@H](C(=O)NCc4ccc(OC(F)(F)F)cc4)C3)sc2n1. The summed E-state index contributed by atoms with van der Waals surface area (Å²) in [5.41, 5.74) is 0.951. The molecule has 5 rings (SSSR count).